The summed E-state index contributed by atoms with van der Waals surface area (Å²) >= 11 is 0. The molecule has 11 rings (SSSR count). The van der Waals surface area contributed by atoms with E-state index in [-0.39, 0.29) is 60.8 Å². The van der Waals surface area contributed by atoms with E-state index < -0.39 is 65.0 Å². The molecule has 1 saturated carbocycles. The van der Waals surface area contributed by atoms with Gasteiger partial charge in [-0.2, -0.15) is 10.1 Å². The van der Waals surface area contributed by atoms with Crippen LogP contribution >= 0.6 is 0 Å². The number of imide groups is 1. The first-order chi connectivity index (χ1) is 37.7. The molecule has 0 spiro atoms. The molecule has 24 heteroatoms. The fourth-order valence-corrected chi connectivity index (χ4v) is 11.5. The standard InChI is InChI=1S/C23H32N4O6.C23H23N3O6.C9H18N2O3/c1-23(2,3)32-22(30)25-12-11-18(14-25)33-24-20(28)19-10-9-17-13-26(19)21(29)27(17)31-15-16-7-5-4-6-8-16;27-20-18-14-6-7-15(10-14)19(18)21(28)26(20)32-22(29)17-9-8-16-11-24(17)23(30)25(16)31-12-13-4-2-1-3-5-13;1-9(2,3)13-8(12)11-5-4-7(6-11)14-10/h4-8,17-19H,9-15H2,1-3H3,(H,24,28);1-7,14-19H,8-12H2;7H,4-6,10H2,1-3H3/t17-,18+,19+;14-,15+,16-,17+,18-,19+;7-/m110/s1. The molecule has 9 amide bonds. The normalized spacial score (nSPS) is 28.4. The summed E-state index contributed by atoms with van der Waals surface area (Å²) in [7, 11) is 0. The van der Waals surface area contributed by atoms with E-state index in [1.54, 1.807) is 14.7 Å². The first-order valence-corrected chi connectivity index (χ1v) is 27.2. The van der Waals surface area contributed by atoms with E-state index in [0.717, 1.165) is 24.0 Å². The van der Waals surface area contributed by atoms with Crippen molar-refractivity contribution in [1.82, 2.24) is 40.3 Å². The molecule has 24 nitrogen and oxygen atoms in total. The van der Waals surface area contributed by atoms with E-state index >= 15 is 0 Å². The molecule has 10 atom stereocenters. The van der Waals surface area contributed by atoms with Crippen molar-refractivity contribution in [2.45, 2.75) is 147 Å². The molecule has 6 bridgehead atoms. The van der Waals surface area contributed by atoms with E-state index in [1.807, 2.05) is 114 Å². The maximum atomic E-state index is 12.9. The quantitative estimate of drug-likeness (QED) is 0.161. The van der Waals surface area contributed by atoms with Crippen LogP contribution in [-0.2, 0) is 66.1 Å². The molecule has 7 aliphatic heterocycles. The van der Waals surface area contributed by atoms with Crippen LogP contribution in [0.1, 0.15) is 97.6 Å². The average Bonchev–Trinajstić information content (AvgIpc) is 4.48. The molecule has 2 aliphatic carbocycles. The molecule has 2 aromatic carbocycles. The molecule has 2 aromatic rings. The molecule has 0 aromatic heterocycles. The Balaban J connectivity index is 0.000000155. The summed E-state index contributed by atoms with van der Waals surface area (Å²) in [6, 6.07) is 16.8. The number of carbonyl (C=O) groups excluding carboxylic acids is 8. The minimum absolute atomic E-state index is 0.0380. The SMILES string of the molecule is CC(C)(C)OC(=O)N1CC[C@H](ON)C1.CC(C)(C)OC(=O)N1CC[C@H](ONC(=O)[C@@H]2CC[C@@H]3CN2C(=O)N3OCc2ccccc2)C1.O=C(ON1C(=O)[C@@H]2[C@H](C1=O)[C@@H]1C=C[C@H]2C1)[C@@H]1CC[C@@H]2CN1C(=O)N2OCc1ccccc1. The molecule has 8 fully saturated rings. The third-order valence-electron chi connectivity index (χ3n) is 15.4. The Bertz CT molecular complexity index is 2590. The van der Waals surface area contributed by atoms with Crippen molar-refractivity contribution < 1.29 is 72.0 Å². The van der Waals surface area contributed by atoms with Gasteiger partial charge in [0.15, 0.2) is 0 Å². The summed E-state index contributed by atoms with van der Waals surface area (Å²) in [6.07, 6.45) is 7.23. The van der Waals surface area contributed by atoms with Crippen LogP contribution in [0.4, 0.5) is 19.2 Å². The van der Waals surface area contributed by atoms with E-state index in [4.69, 9.17) is 34.7 Å². The van der Waals surface area contributed by atoms with Gasteiger partial charge < -0.3 is 33.9 Å². The predicted octanol–water partition coefficient (Wildman–Crippen LogP) is 4.98. The number of hydrogen-bond donors (Lipinski definition) is 2. The average molecular weight is 1100 g/mol. The number of rotatable bonds is 12. The van der Waals surface area contributed by atoms with Gasteiger partial charge in [0, 0.05) is 26.2 Å². The van der Waals surface area contributed by atoms with E-state index in [0.29, 0.717) is 83.0 Å². The van der Waals surface area contributed by atoms with Gasteiger partial charge >= 0.3 is 30.2 Å². The molecule has 7 saturated heterocycles. The van der Waals surface area contributed by atoms with E-state index in [1.165, 1.54) is 15.0 Å². The lowest BCUT2D eigenvalue weighted by Crippen LogP contribution is -2.50. The van der Waals surface area contributed by atoms with Gasteiger partial charge in [0.25, 0.3) is 17.7 Å². The van der Waals surface area contributed by atoms with Crippen LogP contribution in [0.3, 0.4) is 0 Å². The zero-order chi connectivity index (χ0) is 56.3. The number of nitrogens with zero attached hydrogens (tertiary/aromatic N) is 7. The van der Waals surface area contributed by atoms with Gasteiger partial charge in [-0.15, -0.1) is 5.06 Å². The molecular weight excluding hydrogens is 1030 g/mol. The van der Waals surface area contributed by atoms with Gasteiger partial charge in [-0.1, -0.05) is 72.8 Å². The fourth-order valence-electron chi connectivity index (χ4n) is 11.5. The van der Waals surface area contributed by atoms with Crippen LogP contribution in [-0.4, -0.2) is 170 Å². The number of likely N-dealkylation sites (tertiary alicyclic amines) is 2. The second-order valence-corrected chi connectivity index (χ2v) is 23.3. The molecule has 428 valence electrons. The summed E-state index contributed by atoms with van der Waals surface area (Å²) in [5.41, 5.74) is 3.41. The minimum Gasteiger partial charge on any atom is -0.444 e. The molecule has 7 heterocycles. The maximum Gasteiger partial charge on any atom is 0.410 e. The number of allylic oxidation sites excluding steroid dienone is 2. The van der Waals surface area contributed by atoms with Crippen LogP contribution in [0.5, 0.6) is 0 Å². The number of carbonyl (C=O) groups is 8. The Morgan fingerprint density at radius 2 is 1.05 bits per heavy atom. The number of nitrogens with two attached hydrogens (primary N) is 1. The number of benzene rings is 2. The lowest BCUT2D eigenvalue weighted by atomic mass is 9.85. The number of fused-ring (bicyclic) bond motifs is 9. The molecule has 9 aliphatic rings. The Morgan fingerprint density at radius 1 is 0.595 bits per heavy atom. The molecule has 0 unspecified atom stereocenters. The Kier molecular flexibility index (Phi) is 17.2. The van der Waals surface area contributed by atoms with Gasteiger partial charge in [-0.25, -0.2) is 35.3 Å². The number of ether oxygens (including phenoxy) is 2. The zero-order valence-corrected chi connectivity index (χ0v) is 45.6. The number of nitrogens with one attached hydrogen (secondary N) is 1. The number of urea groups is 2. The van der Waals surface area contributed by atoms with Crippen LogP contribution in [0, 0.1) is 23.7 Å². The van der Waals surface area contributed by atoms with Gasteiger partial charge in [0.1, 0.15) is 42.6 Å². The second-order valence-electron chi connectivity index (χ2n) is 23.3. The highest BCUT2D eigenvalue weighted by Crippen LogP contribution is 2.52. The predicted molar refractivity (Wildman–Crippen MR) is 277 cm³/mol. The smallest absolute Gasteiger partial charge is 0.410 e. The summed E-state index contributed by atoms with van der Waals surface area (Å²) < 4.78 is 10.6. The Morgan fingerprint density at radius 3 is 1.52 bits per heavy atom. The Hall–Kier alpha value is -6.86. The highest BCUT2D eigenvalue weighted by molar-refractivity contribution is 6.06. The summed E-state index contributed by atoms with van der Waals surface area (Å²) in [5, 5.41) is 3.39. The number of hydrogen-bond acceptors (Lipinski definition) is 16. The summed E-state index contributed by atoms with van der Waals surface area (Å²) in [4.78, 5) is 134. The zero-order valence-electron chi connectivity index (χ0n) is 45.6. The number of hydroxylamine groups is 7. The van der Waals surface area contributed by atoms with Gasteiger partial charge in [0.2, 0.25) is 0 Å². The second kappa shape index (κ2) is 23.8. The van der Waals surface area contributed by atoms with Crippen LogP contribution in [0.15, 0.2) is 72.8 Å². The van der Waals surface area contributed by atoms with E-state index in [9.17, 15) is 38.4 Å². The van der Waals surface area contributed by atoms with Crippen LogP contribution in [0.25, 0.3) is 0 Å². The third-order valence-corrected chi connectivity index (χ3v) is 15.4. The van der Waals surface area contributed by atoms with Gasteiger partial charge in [-0.05, 0) is 109 Å². The highest BCUT2D eigenvalue weighted by atomic mass is 16.7. The maximum absolute atomic E-state index is 12.9. The number of piperidine rings is 2. The first-order valence-electron chi connectivity index (χ1n) is 27.2. The van der Waals surface area contributed by atoms with Crippen molar-refractivity contribution in [3.8, 4) is 0 Å². The van der Waals surface area contributed by atoms with Gasteiger partial charge in [-0.3, -0.25) is 33.7 Å². The highest BCUT2D eigenvalue weighted by Gasteiger charge is 2.61. The largest absolute Gasteiger partial charge is 0.444 e. The minimum atomic E-state index is -0.847. The Labute approximate surface area is 459 Å². The first kappa shape index (κ1) is 56.8. The summed E-state index contributed by atoms with van der Waals surface area (Å²) in [6.45, 7) is 14.3. The lowest BCUT2D eigenvalue weighted by Gasteiger charge is -2.29. The number of amides is 9. The van der Waals surface area contributed by atoms with Crippen LogP contribution < -0.4 is 11.4 Å². The monoisotopic (exact) mass is 1100 g/mol. The van der Waals surface area contributed by atoms with Crippen molar-refractivity contribution in [2.75, 3.05) is 39.3 Å². The van der Waals surface area contributed by atoms with Crippen molar-refractivity contribution in [3.63, 3.8) is 0 Å². The third kappa shape index (κ3) is 13.1. The van der Waals surface area contributed by atoms with Crippen LogP contribution in [0.2, 0.25) is 0 Å². The van der Waals surface area contributed by atoms with Crippen molar-refractivity contribution in [2.24, 2.45) is 29.6 Å². The topological polar surface area (TPSA) is 262 Å². The van der Waals surface area contributed by atoms with Crippen molar-refractivity contribution >= 4 is 47.9 Å². The summed E-state index contributed by atoms with van der Waals surface area (Å²) in [5.74, 6) is 2.26. The fraction of sp³-hybridized carbons (Fsp3) is 0.600. The lowest BCUT2D eigenvalue weighted by molar-refractivity contribution is -0.202. The van der Waals surface area contributed by atoms with Crippen molar-refractivity contribution in [3.05, 3.63) is 83.9 Å². The molecule has 79 heavy (non-hydrogen) atoms. The molecular formula is C55H73N9O15. The van der Waals surface area contributed by atoms with Crippen molar-refractivity contribution in [1.29, 1.82) is 0 Å². The van der Waals surface area contributed by atoms with Gasteiger partial charge in [0.05, 0.1) is 43.1 Å². The van der Waals surface area contributed by atoms with E-state index in [2.05, 4.69) is 10.3 Å². The molecule has 3 N–H and O–H groups in total. The molecule has 0 radical (unpaired) electrons.